The molecule has 1 N–H and O–H groups in total. The van der Waals surface area contributed by atoms with Crippen LogP contribution in [-0.4, -0.2) is 24.2 Å². The summed E-state index contributed by atoms with van der Waals surface area (Å²) < 4.78 is 0. The molecule has 1 unspecified atom stereocenters. The Kier molecular flexibility index (Phi) is 7.19. The molecular formula is C25H32ClN3O. The second-order valence-corrected chi connectivity index (χ2v) is 9.19. The molecule has 5 heteroatoms. The van der Waals surface area contributed by atoms with Crippen molar-refractivity contribution in [2.45, 2.75) is 64.8 Å². The Morgan fingerprint density at radius 2 is 2.03 bits per heavy atom. The second-order valence-electron chi connectivity index (χ2n) is 8.78. The van der Waals surface area contributed by atoms with E-state index in [2.05, 4.69) is 55.3 Å². The molecule has 1 heterocycles. The van der Waals surface area contributed by atoms with E-state index < -0.39 is 0 Å². The second kappa shape index (κ2) is 9.65. The fraction of sp³-hybridized carbons (Fsp3) is 0.440. The molecule has 0 fully saturated rings. The van der Waals surface area contributed by atoms with Crippen molar-refractivity contribution < 1.29 is 4.79 Å². The molecule has 0 aromatic heterocycles. The van der Waals surface area contributed by atoms with Gasteiger partial charge in [0.2, 0.25) is 5.91 Å². The zero-order valence-corrected chi connectivity index (χ0v) is 19.2. The number of hydrazone groups is 1. The van der Waals surface area contributed by atoms with E-state index in [1.807, 2.05) is 30.3 Å². The number of fused-ring (bicyclic) bond motifs is 1. The maximum absolute atomic E-state index is 12.1. The minimum Gasteiger partial charge on any atom is -0.366 e. The monoisotopic (exact) mass is 425 g/mol. The number of hydrogen-bond acceptors (Lipinski definition) is 3. The maximum atomic E-state index is 12.1. The molecule has 0 saturated heterocycles. The van der Waals surface area contributed by atoms with E-state index in [1.54, 1.807) is 6.21 Å². The van der Waals surface area contributed by atoms with Crippen molar-refractivity contribution in [2.24, 2.45) is 5.10 Å². The van der Waals surface area contributed by atoms with Gasteiger partial charge in [-0.3, -0.25) is 4.79 Å². The van der Waals surface area contributed by atoms with Crippen molar-refractivity contribution in [3.8, 4) is 0 Å². The average Bonchev–Trinajstić information content (AvgIpc) is 2.71. The molecule has 0 bridgehead atoms. The van der Waals surface area contributed by atoms with Crippen LogP contribution in [0.25, 0.3) is 0 Å². The number of amides is 1. The summed E-state index contributed by atoms with van der Waals surface area (Å²) in [7, 11) is 0. The molecule has 3 rings (SSSR count). The van der Waals surface area contributed by atoms with Crippen LogP contribution >= 0.6 is 11.6 Å². The van der Waals surface area contributed by atoms with Crippen LogP contribution in [0, 0.1) is 0 Å². The maximum Gasteiger partial charge on any atom is 0.240 e. The molecule has 0 aliphatic carbocycles. The number of aryl methyl sites for hydroxylation is 1. The number of benzene rings is 2. The van der Waals surface area contributed by atoms with Gasteiger partial charge in [0.25, 0.3) is 0 Å². The van der Waals surface area contributed by atoms with Gasteiger partial charge in [0.1, 0.15) is 0 Å². The van der Waals surface area contributed by atoms with Gasteiger partial charge in [-0.1, -0.05) is 55.8 Å². The van der Waals surface area contributed by atoms with Crippen LogP contribution in [0.4, 0.5) is 5.69 Å². The van der Waals surface area contributed by atoms with Gasteiger partial charge in [-0.15, -0.1) is 0 Å². The van der Waals surface area contributed by atoms with Crippen molar-refractivity contribution in [3.63, 3.8) is 0 Å². The zero-order chi connectivity index (χ0) is 21.7. The molecule has 0 spiro atoms. The Morgan fingerprint density at radius 1 is 1.30 bits per heavy atom. The number of rotatable bonds is 7. The summed E-state index contributed by atoms with van der Waals surface area (Å²) in [6.07, 6.45) is 4.93. The quantitative estimate of drug-likeness (QED) is 0.441. The first-order chi connectivity index (χ1) is 14.3. The van der Waals surface area contributed by atoms with E-state index in [-0.39, 0.29) is 11.4 Å². The summed E-state index contributed by atoms with van der Waals surface area (Å²) in [6.45, 7) is 10.1. The molecule has 1 aliphatic rings. The van der Waals surface area contributed by atoms with Crippen LogP contribution in [0.3, 0.4) is 0 Å². The first-order valence-corrected chi connectivity index (χ1v) is 11.2. The lowest BCUT2D eigenvalue weighted by Crippen LogP contribution is -2.48. The summed E-state index contributed by atoms with van der Waals surface area (Å²) in [5.74, 6) is 0.335. The van der Waals surface area contributed by atoms with E-state index in [4.69, 9.17) is 11.6 Å². The van der Waals surface area contributed by atoms with Gasteiger partial charge in [-0.05, 0) is 62.3 Å². The third-order valence-corrected chi connectivity index (χ3v) is 6.16. The summed E-state index contributed by atoms with van der Waals surface area (Å²) in [6, 6.07) is 14.2. The first kappa shape index (κ1) is 22.4. The highest BCUT2D eigenvalue weighted by Gasteiger charge is 2.36. The molecule has 2 aromatic carbocycles. The zero-order valence-electron chi connectivity index (χ0n) is 18.4. The lowest BCUT2D eigenvalue weighted by Gasteiger charge is -2.47. The topological polar surface area (TPSA) is 44.7 Å². The number of nitrogens with zero attached hydrogens (tertiary/aromatic N) is 2. The number of carbonyl (C=O) groups excluding carboxylic acids is 1. The van der Waals surface area contributed by atoms with Crippen molar-refractivity contribution in [1.29, 1.82) is 0 Å². The summed E-state index contributed by atoms with van der Waals surface area (Å²) in [5, 5.41) is 4.80. The molecule has 1 aliphatic heterocycles. The van der Waals surface area contributed by atoms with Crippen LogP contribution in [-0.2, 0) is 11.2 Å². The van der Waals surface area contributed by atoms with Gasteiger partial charge in [0.15, 0.2) is 0 Å². The minimum absolute atomic E-state index is 0.103. The van der Waals surface area contributed by atoms with Gasteiger partial charge in [-0.2, -0.15) is 5.10 Å². The number of anilines is 1. The van der Waals surface area contributed by atoms with Gasteiger partial charge in [0, 0.05) is 29.8 Å². The number of hydrogen-bond donors (Lipinski definition) is 1. The lowest BCUT2D eigenvalue weighted by molar-refractivity contribution is -0.121. The summed E-state index contributed by atoms with van der Waals surface area (Å²) >= 11 is 6.59. The normalized spacial score (nSPS) is 17.8. The average molecular weight is 426 g/mol. The standard InChI is InChI=1S/C25H32ClN3O/c1-5-13-29-23-15-22(26)20(14-21(23)18(2)16-25(29,3)4)17-27-28-24(30)12-11-19-9-7-6-8-10-19/h6-10,14-15,17-18H,5,11-13,16H2,1-4H3,(H,28,30)/b27-17+. The van der Waals surface area contributed by atoms with E-state index in [9.17, 15) is 4.79 Å². The van der Waals surface area contributed by atoms with Crippen LogP contribution in [0.2, 0.25) is 5.02 Å². The molecule has 0 saturated carbocycles. The first-order valence-electron chi connectivity index (χ1n) is 10.8. The van der Waals surface area contributed by atoms with Crippen molar-refractivity contribution in [3.05, 3.63) is 64.2 Å². The van der Waals surface area contributed by atoms with Crippen molar-refractivity contribution in [2.75, 3.05) is 11.4 Å². The van der Waals surface area contributed by atoms with Crippen LogP contribution in [0.5, 0.6) is 0 Å². The number of carbonyl (C=O) groups is 1. The van der Waals surface area contributed by atoms with Gasteiger partial charge in [-0.25, -0.2) is 5.43 Å². The molecule has 30 heavy (non-hydrogen) atoms. The summed E-state index contributed by atoms with van der Waals surface area (Å²) in [4.78, 5) is 14.6. The van der Waals surface area contributed by atoms with E-state index in [1.165, 1.54) is 11.3 Å². The predicted molar refractivity (Wildman–Crippen MR) is 127 cm³/mol. The van der Waals surface area contributed by atoms with Crippen molar-refractivity contribution in [1.82, 2.24) is 5.43 Å². The Bertz CT molecular complexity index is 908. The minimum atomic E-state index is -0.103. The Labute approximate surface area is 185 Å². The van der Waals surface area contributed by atoms with Crippen LogP contribution in [0.15, 0.2) is 47.6 Å². The molecule has 1 amide bonds. The fourth-order valence-corrected chi connectivity index (χ4v) is 4.61. The fourth-order valence-electron chi connectivity index (χ4n) is 4.40. The molecule has 2 aromatic rings. The number of halogens is 1. The lowest BCUT2D eigenvalue weighted by atomic mass is 9.79. The Balaban J connectivity index is 1.70. The summed E-state index contributed by atoms with van der Waals surface area (Å²) in [5.41, 5.74) is 7.22. The van der Waals surface area contributed by atoms with Gasteiger partial charge in [0.05, 0.1) is 11.2 Å². The van der Waals surface area contributed by atoms with Gasteiger partial charge < -0.3 is 4.90 Å². The van der Waals surface area contributed by atoms with E-state index in [0.29, 0.717) is 23.8 Å². The molecule has 0 radical (unpaired) electrons. The third kappa shape index (κ3) is 5.23. The van der Waals surface area contributed by atoms with Crippen molar-refractivity contribution >= 4 is 29.4 Å². The number of nitrogens with one attached hydrogen (secondary N) is 1. The highest BCUT2D eigenvalue weighted by molar-refractivity contribution is 6.33. The third-order valence-electron chi connectivity index (χ3n) is 5.83. The molecular weight excluding hydrogens is 394 g/mol. The predicted octanol–water partition coefficient (Wildman–Crippen LogP) is 5.93. The van der Waals surface area contributed by atoms with E-state index >= 15 is 0 Å². The molecule has 1 atom stereocenters. The SMILES string of the molecule is CCCN1c2cc(Cl)c(/C=N/NC(=O)CCc3ccccc3)cc2C(C)CC1(C)C. The largest absolute Gasteiger partial charge is 0.366 e. The highest BCUT2D eigenvalue weighted by Crippen LogP contribution is 2.45. The highest BCUT2D eigenvalue weighted by atomic mass is 35.5. The van der Waals surface area contributed by atoms with Gasteiger partial charge >= 0.3 is 0 Å². The molecule has 160 valence electrons. The van der Waals surface area contributed by atoms with E-state index in [0.717, 1.165) is 30.5 Å². The van der Waals surface area contributed by atoms with Crippen LogP contribution < -0.4 is 10.3 Å². The smallest absolute Gasteiger partial charge is 0.240 e. The Morgan fingerprint density at radius 3 is 2.73 bits per heavy atom. The van der Waals surface area contributed by atoms with Crippen LogP contribution in [0.1, 0.15) is 69.6 Å². The Hall–Kier alpha value is -2.33. The molecule has 4 nitrogen and oxygen atoms in total.